The first-order valence-electron chi connectivity index (χ1n) is 9.60. The number of aromatic nitrogens is 2. The summed E-state index contributed by atoms with van der Waals surface area (Å²) >= 11 is 0. The molecule has 0 saturated heterocycles. The van der Waals surface area contributed by atoms with Gasteiger partial charge in [0.05, 0.1) is 21.5 Å². The van der Waals surface area contributed by atoms with E-state index in [0.29, 0.717) is 33.7 Å². The number of benzene rings is 1. The lowest BCUT2D eigenvalue weighted by atomic mass is 10.0. The van der Waals surface area contributed by atoms with Crippen molar-refractivity contribution in [1.29, 1.82) is 0 Å². The average Bonchev–Trinajstić information content (AvgIpc) is 3.00. The molecule has 0 spiro atoms. The molecule has 2 heterocycles. The fourth-order valence-corrected chi connectivity index (χ4v) is 4.45. The van der Waals surface area contributed by atoms with Crippen molar-refractivity contribution >= 4 is 32.7 Å². The standard InChI is InChI=1S/C21H26N4O4S/c1-12(2)17-11-16(18-13(3)24-29-20(18)23-17)19(26)22-14-8-7-9-15(10-14)30(27,28)25-21(4,5)6/h7-12,25H,1-6H3,(H,22,26). The Labute approximate surface area is 176 Å². The smallest absolute Gasteiger partial charge is 0.259 e. The normalized spacial score (nSPS) is 12.5. The Bertz CT molecular complexity index is 1210. The summed E-state index contributed by atoms with van der Waals surface area (Å²) in [4.78, 5) is 17.6. The Morgan fingerprint density at radius 1 is 1.17 bits per heavy atom. The van der Waals surface area contributed by atoms with Gasteiger partial charge in [-0.2, -0.15) is 0 Å². The monoisotopic (exact) mass is 430 g/mol. The third-order valence-corrected chi connectivity index (χ3v) is 6.07. The van der Waals surface area contributed by atoms with E-state index in [-0.39, 0.29) is 10.8 Å². The number of carbonyl (C=O) groups excluding carboxylic acids is 1. The van der Waals surface area contributed by atoms with E-state index in [9.17, 15) is 13.2 Å². The Morgan fingerprint density at radius 3 is 2.50 bits per heavy atom. The molecule has 0 aliphatic rings. The number of aryl methyl sites for hydroxylation is 1. The van der Waals surface area contributed by atoms with E-state index in [4.69, 9.17) is 4.52 Å². The number of carbonyl (C=O) groups is 1. The van der Waals surface area contributed by atoms with Gasteiger partial charge in [0.25, 0.3) is 11.6 Å². The lowest BCUT2D eigenvalue weighted by Gasteiger charge is -2.20. The third-order valence-electron chi connectivity index (χ3n) is 4.32. The number of nitrogens with zero attached hydrogens (tertiary/aromatic N) is 2. The van der Waals surface area contributed by atoms with Gasteiger partial charge in [-0.25, -0.2) is 18.1 Å². The minimum atomic E-state index is -3.73. The molecule has 160 valence electrons. The van der Waals surface area contributed by atoms with Crippen molar-refractivity contribution < 1.29 is 17.7 Å². The zero-order chi connectivity index (χ0) is 22.3. The molecule has 0 bridgehead atoms. The predicted octanol–water partition coefficient (Wildman–Crippen LogP) is 3.98. The van der Waals surface area contributed by atoms with Gasteiger partial charge in [-0.1, -0.05) is 25.1 Å². The first-order valence-corrected chi connectivity index (χ1v) is 11.1. The maximum atomic E-state index is 13.1. The average molecular weight is 431 g/mol. The van der Waals surface area contributed by atoms with Crippen molar-refractivity contribution in [2.75, 3.05) is 5.32 Å². The molecule has 9 heteroatoms. The molecule has 0 fully saturated rings. The number of pyridine rings is 1. The fourth-order valence-electron chi connectivity index (χ4n) is 2.99. The van der Waals surface area contributed by atoms with E-state index in [0.717, 1.165) is 0 Å². The van der Waals surface area contributed by atoms with Gasteiger partial charge >= 0.3 is 0 Å². The summed E-state index contributed by atoms with van der Waals surface area (Å²) in [7, 11) is -3.73. The van der Waals surface area contributed by atoms with Gasteiger partial charge < -0.3 is 9.84 Å². The summed E-state index contributed by atoms with van der Waals surface area (Å²) in [5.74, 6) is -0.308. The Kier molecular flexibility index (Phi) is 5.70. The summed E-state index contributed by atoms with van der Waals surface area (Å²) in [5.41, 5.74) is 1.68. The summed E-state index contributed by atoms with van der Waals surface area (Å²) in [5, 5.41) is 7.24. The summed E-state index contributed by atoms with van der Waals surface area (Å²) < 4.78 is 33.1. The number of rotatable bonds is 5. The molecular weight excluding hydrogens is 404 g/mol. The van der Waals surface area contributed by atoms with Crippen LogP contribution in [0.3, 0.4) is 0 Å². The summed E-state index contributed by atoms with van der Waals surface area (Å²) in [6.07, 6.45) is 0. The van der Waals surface area contributed by atoms with Crippen LogP contribution in [0, 0.1) is 6.92 Å². The molecule has 0 radical (unpaired) electrons. The topological polar surface area (TPSA) is 114 Å². The van der Waals surface area contributed by atoms with Crippen LogP contribution in [0.2, 0.25) is 0 Å². The van der Waals surface area contributed by atoms with Gasteiger partial charge in [0, 0.05) is 16.9 Å². The molecule has 3 aromatic rings. The molecule has 0 saturated carbocycles. The number of nitrogens with one attached hydrogen (secondary N) is 2. The Balaban J connectivity index is 1.97. The second-order valence-electron chi connectivity index (χ2n) is 8.53. The van der Waals surface area contributed by atoms with E-state index >= 15 is 0 Å². The van der Waals surface area contributed by atoms with Crippen molar-refractivity contribution in [1.82, 2.24) is 14.9 Å². The second-order valence-corrected chi connectivity index (χ2v) is 10.2. The first kappa shape index (κ1) is 21.9. The van der Waals surface area contributed by atoms with Gasteiger partial charge in [-0.05, 0) is 57.9 Å². The van der Waals surface area contributed by atoms with E-state index in [1.807, 2.05) is 13.8 Å². The Morgan fingerprint density at radius 2 is 1.87 bits per heavy atom. The number of anilines is 1. The molecule has 0 aliphatic carbocycles. The zero-order valence-corrected chi connectivity index (χ0v) is 18.7. The lowest BCUT2D eigenvalue weighted by molar-refractivity contribution is 0.102. The van der Waals surface area contributed by atoms with Crippen LogP contribution in [-0.2, 0) is 10.0 Å². The highest BCUT2D eigenvalue weighted by molar-refractivity contribution is 7.89. The minimum Gasteiger partial charge on any atom is -0.336 e. The molecule has 1 amide bonds. The highest BCUT2D eigenvalue weighted by atomic mass is 32.2. The van der Waals surface area contributed by atoms with Crippen LogP contribution in [0.25, 0.3) is 11.1 Å². The zero-order valence-electron chi connectivity index (χ0n) is 17.9. The van der Waals surface area contributed by atoms with E-state index in [2.05, 4.69) is 20.2 Å². The Hall–Kier alpha value is -2.78. The molecule has 2 N–H and O–H groups in total. The van der Waals surface area contributed by atoms with E-state index < -0.39 is 21.5 Å². The van der Waals surface area contributed by atoms with Crippen LogP contribution < -0.4 is 10.0 Å². The number of hydrogen-bond donors (Lipinski definition) is 2. The SMILES string of the molecule is Cc1noc2nc(C(C)C)cc(C(=O)Nc3cccc(S(=O)(=O)NC(C)(C)C)c3)c12. The predicted molar refractivity (Wildman–Crippen MR) is 115 cm³/mol. The van der Waals surface area contributed by atoms with E-state index in [1.54, 1.807) is 45.9 Å². The molecule has 0 aliphatic heterocycles. The molecule has 0 unspecified atom stereocenters. The molecule has 0 atom stereocenters. The minimum absolute atomic E-state index is 0.0686. The number of hydrogen-bond acceptors (Lipinski definition) is 6. The summed E-state index contributed by atoms with van der Waals surface area (Å²) in [6, 6.07) is 7.84. The first-order chi connectivity index (χ1) is 13.9. The van der Waals surface area contributed by atoms with Crippen molar-refractivity contribution in [2.24, 2.45) is 0 Å². The van der Waals surface area contributed by atoms with Crippen LogP contribution in [0.1, 0.15) is 62.3 Å². The van der Waals surface area contributed by atoms with Crippen LogP contribution in [0.4, 0.5) is 5.69 Å². The lowest BCUT2D eigenvalue weighted by Crippen LogP contribution is -2.40. The maximum Gasteiger partial charge on any atom is 0.259 e. The van der Waals surface area contributed by atoms with Gasteiger partial charge in [-0.15, -0.1) is 0 Å². The highest BCUT2D eigenvalue weighted by Gasteiger charge is 2.23. The van der Waals surface area contributed by atoms with Crippen molar-refractivity contribution in [3.8, 4) is 0 Å². The van der Waals surface area contributed by atoms with Gasteiger partial charge in [0.15, 0.2) is 0 Å². The highest BCUT2D eigenvalue weighted by Crippen LogP contribution is 2.26. The fraction of sp³-hybridized carbons (Fsp3) is 0.381. The van der Waals surface area contributed by atoms with E-state index in [1.165, 1.54) is 12.1 Å². The molecular formula is C21H26N4O4S. The second kappa shape index (κ2) is 7.81. The number of amides is 1. The molecule has 8 nitrogen and oxygen atoms in total. The van der Waals surface area contributed by atoms with Crippen LogP contribution >= 0.6 is 0 Å². The van der Waals surface area contributed by atoms with Crippen LogP contribution in [0.15, 0.2) is 39.8 Å². The molecule has 30 heavy (non-hydrogen) atoms. The third kappa shape index (κ3) is 4.68. The van der Waals surface area contributed by atoms with Gasteiger partial charge in [0.1, 0.15) is 0 Å². The number of sulfonamides is 1. The van der Waals surface area contributed by atoms with Crippen molar-refractivity contribution in [3.05, 3.63) is 47.3 Å². The maximum absolute atomic E-state index is 13.1. The van der Waals surface area contributed by atoms with Crippen LogP contribution in [-0.4, -0.2) is 30.0 Å². The summed E-state index contributed by atoms with van der Waals surface area (Å²) in [6.45, 7) is 11.0. The molecule has 3 rings (SSSR count). The largest absolute Gasteiger partial charge is 0.336 e. The molecule has 1 aromatic carbocycles. The number of fused-ring (bicyclic) bond motifs is 1. The quantitative estimate of drug-likeness (QED) is 0.633. The van der Waals surface area contributed by atoms with Gasteiger partial charge in [-0.3, -0.25) is 4.79 Å². The van der Waals surface area contributed by atoms with Crippen molar-refractivity contribution in [2.45, 2.75) is 57.9 Å². The van der Waals surface area contributed by atoms with Crippen LogP contribution in [0.5, 0.6) is 0 Å². The van der Waals surface area contributed by atoms with Crippen molar-refractivity contribution in [3.63, 3.8) is 0 Å². The molecule has 2 aromatic heterocycles. The van der Waals surface area contributed by atoms with Gasteiger partial charge in [0.2, 0.25) is 10.0 Å².